The van der Waals surface area contributed by atoms with E-state index in [-0.39, 0.29) is 17.8 Å². The summed E-state index contributed by atoms with van der Waals surface area (Å²) >= 11 is 0. The number of hydrogen-bond donors (Lipinski definition) is 0. The van der Waals surface area contributed by atoms with Crippen LogP contribution in [-0.2, 0) is 9.53 Å². The molecule has 1 aliphatic heterocycles. The Morgan fingerprint density at radius 3 is 2.84 bits per heavy atom. The number of carbonyl (C=O) groups excluding carboxylic acids is 1. The van der Waals surface area contributed by atoms with Gasteiger partial charge in [-0.05, 0) is 19.4 Å². The lowest BCUT2D eigenvalue weighted by Crippen LogP contribution is -2.26. The van der Waals surface area contributed by atoms with Crippen LogP contribution < -0.4 is 4.74 Å². The topological polar surface area (TPSA) is 59.3 Å². The molecule has 0 aromatic heterocycles. The summed E-state index contributed by atoms with van der Waals surface area (Å²) in [5, 5.41) is 9.35. The van der Waals surface area contributed by atoms with Gasteiger partial charge in [0.15, 0.2) is 5.78 Å². The van der Waals surface area contributed by atoms with Gasteiger partial charge >= 0.3 is 0 Å². The Labute approximate surface area is 112 Å². The lowest BCUT2D eigenvalue weighted by molar-refractivity contribution is -0.124. The van der Waals surface area contributed by atoms with Crippen molar-refractivity contribution in [1.82, 2.24) is 0 Å². The minimum atomic E-state index is -0.787. The highest BCUT2D eigenvalue weighted by atomic mass is 16.5. The number of rotatable bonds is 4. The maximum atomic E-state index is 12.5. The second kappa shape index (κ2) is 5.85. The van der Waals surface area contributed by atoms with Gasteiger partial charge in [0.1, 0.15) is 11.7 Å². The number of carbonyl (C=O) groups is 1. The van der Waals surface area contributed by atoms with Crippen molar-refractivity contribution in [3.63, 3.8) is 0 Å². The molecule has 0 spiro atoms. The lowest BCUT2D eigenvalue weighted by atomic mass is 9.85. The number of para-hydroxylation sites is 1. The molecule has 0 N–H and O–H groups in total. The van der Waals surface area contributed by atoms with Crippen molar-refractivity contribution in [2.45, 2.75) is 25.4 Å². The van der Waals surface area contributed by atoms with E-state index in [2.05, 4.69) is 6.07 Å². The van der Waals surface area contributed by atoms with E-state index in [1.54, 1.807) is 19.2 Å². The number of hydrogen-bond acceptors (Lipinski definition) is 4. The normalized spacial score (nSPS) is 23.6. The maximum Gasteiger partial charge on any atom is 0.160 e. The Kier molecular flexibility index (Phi) is 4.18. The molecule has 1 saturated heterocycles. The Bertz CT molecular complexity index is 506. The average Bonchev–Trinajstić information content (AvgIpc) is 2.86. The molecule has 0 radical (unpaired) electrons. The molecular formula is C15H17NO3. The van der Waals surface area contributed by atoms with Gasteiger partial charge in [0.05, 0.1) is 19.3 Å². The van der Waals surface area contributed by atoms with Gasteiger partial charge in [-0.1, -0.05) is 18.2 Å². The third-order valence-corrected chi connectivity index (χ3v) is 3.61. The summed E-state index contributed by atoms with van der Waals surface area (Å²) in [5.41, 5.74) is 0.636. The number of benzene rings is 1. The highest BCUT2D eigenvalue weighted by molar-refractivity contribution is 5.91. The predicted molar refractivity (Wildman–Crippen MR) is 69.9 cm³/mol. The predicted octanol–water partition coefficient (Wildman–Crippen LogP) is 2.30. The zero-order valence-electron chi connectivity index (χ0n) is 11.1. The van der Waals surface area contributed by atoms with Gasteiger partial charge in [-0.3, -0.25) is 4.79 Å². The Balaban J connectivity index is 2.30. The second-order valence-electron chi connectivity index (χ2n) is 4.68. The number of ketones is 1. The number of ether oxygens (including phenoxy) is 2. The zero-order chi connectivity index (χ0) is 13.8. The Morgan fingerprint density at radius 1 is 1.53 bits per heavy atom. The SMILES string of the molecule is COc1ccccc1C(C#N)C(=O)C1CCOC1C. The minimum absolute atomic E-state index is 0.0722. The van der Waals surface area contributed by atoms with Gasteiger partial charge in [-0.15, -0.1) is 0 Å². The molecule has 4 nitrogen and oxygen atoms in total. The van der Waals surface area contributed by atoms with Gasteiger partial charge in [0, 0.05) is 18.1 Å². The van der Waals surface area contributed by atoms with E-state index in [1.807, 2.05) is 19.1 Å². The van der Waals surface area contributed by atoms with Crippen LogP contribution in [-0.4, -0.2) is 25.6 Å². The van der Waals surface area contributed by atoms with Crippen molar-refractivity contribution < 1.29 is 14.3 Å². The summed E-state index contributed by atoms with van der Waals surface area (Å²) in [6.45, 7) is 2.47. The number of methoxy groups -OCH3 is 1. The highest BCUT2D eigenvalue weighted by Crippen LogP contribution is 2.32. The molecule has 3 unspecified atom stereocenters. The molecular weight excluding hydrogens is 242 g/mol. The van der Waals surface area contributed by atoms with Crippen molar-refractivity contribution in [3.8, 4) is 11.8 Å². The van der Waals surface area contributed by atoms with Crippen molar-refractivity contribution in [2.24, 2.45) is 5.92 Å². The molecule has 1 aromatic rings. The monoisotopic (exact) mass is 259 g/mol. The largest absolute Gasteiger partial charge is 0.496 e. The molecule has 19 heavy (non-hydrogen) atoms. The van der Waals surface area contributed by atoms with Crippen LogP contribution in [0.5, 0.6) is 5.75 Å². The standard InChI is InChI=1S/C15H17NO3/c1-10-11(7-8-19-10)15(17)13(9-16)12-5-3-4-6-14(12)18-2/h3-6,10-11,13H,7-8H2,1-2H3. The smallest absolute Gasteiger partial charge is 0.160 e. The first-order valence-electron chi connectivity index (χ1n) is 6.37. The number of nitriles is 1. The lowest BCUT2D eigenvalue weighted by Gasteiger charge is -2.18. The van der Waals surface area contributed by atoms with E-state index in [1.165, 1.54) is 0 Å². The fourth-order valence-electron chi connectivity index (χ4n) is 2.51. The van der Waals surface area contributed by atoms with Gasteiger partial charge in [0.2, 0.25) is 0 Å². The van der Waals surface area contributed by atoms with E-state index >= 15 is 0 Å². The number of nitrogens with zero attached hydrogens (tertiary/aromatic N) is 1. The van der Waals surface area contributed by atoms with E-state index in [4.69, 9.17) is 9.47 Å². The molecule has 0 saturated carbocycles. The van der Waals surface area contributed by atoms with Gasteiger partial charge < -0.3 is 9.47 Å². The fourth-order valence-corrected chi connectivity index (χ4v) is 2.51. The second-order valence-corrected chi connectivity index (χ2v) is 4.68. The van der Waals surface area contributed by atoms with E-state index < -0.39 is 5.92 Å². The first kappa shape index (κ1) is 13.6. The summed E-state index contributed by atoms with van der Waals surface area (Å²) in [5.74, 6) is -0.481. The van der Waals surface area contributed by atoms with Crippen molar-refractivity contribution in [1.29, 1.82) is 5.26 Å². The minimum Gasteiger partial charge on any atom is -0.496 e. The third-order valence-electron chi connectivity index (χ3n) is 3.61. The van der Waals surface area contributed by atoms with Gasteiger partial charge in [-0.25, -0.2) is 0 Å². The molecule has 2 rings (SSSR count). The Morgan fingerprint density at radius 2 is 2.26 bits per heavy atom. The van der Waals surface area contributed by atoms with Gasteiger partial charge in [-0.2, -0.15) is 5.26 Å². The van der Waals surface area contributed by atoms with Crippen molar-refractivity contribution in [2.75, 3.05) is 13.7 Å². The van der Waals surface area contributed by atoms with Gasteiger partial charge in [0.25, 0.3) is 0 Å². The van der Waals surface area contributed by atoms with E-state index in [0.717, 1.165) is 0 Å². The molecule has 0 aliphatic carbocycles. The summed E-state index contributed by atoms with van der Waals surface area (Å²) in [6.07, 6.45) is 0.575. The third kappa shape index (κ3) is 2.61. The van der Waals surface area contributed by atoms with Crippen LogP contribution in [0.1, 0.15) is 24.8 Å². The first-order valence-corrected chi connectivity index (χ1v) is 6.37. The summed E-state index contributed by atoms with van der Waals surface area (Å²) in [6, 6.07) is 9.27. The van der Waals surface area contributed by atoms with Crippen LogP contribution in [0.4, 0.5) is 0 Å². The summed E-state index contributed by atoms with van der Waals surface area (Å²) < 4.78 is 10.6. The van der Waals surface area contributed by atoms with E-state index in [0.29, 0.717) is 24.3 Å². The quantitative estimate of drug-likeness (QED) is 0.832. The highest BCUT2D eigenvalue weighted by Gasteiger charge is 2.36. The number of Topliss-reactive ketones (excluding diaryl/α,β-unsaturated/α-hetero) is 1. The summed E-state index contributed by atoms with van der Waals surface area (Å²) in [4.78, 5) is 12.5. The maximum absolute atomic E-state index is 12.5. The molecule has 1 aliphatic rings. The van der Waals surface area contributed by atoms with Crippen molar-refractivity contribution >= 4 is 5.78 Å². The average molecular weight is 259 g/mol. The van der Waals surface area contributed by atoms with Crippen LogP contribution >= 0.6 is 0 Å². The molecule has 1 heterocycles. The van der Waals surface area contributed by atoms with Crippen LogP contribution in [0.3, 0.4) is 0 Å². The molecule has 1 aromatic carbocycles. The van der Waals surface area contributed by atoms with Crippen LogP contribution in [0.2, 0.25) is 0 Å². The van der Waals surface area contributed by atoms with E-state index in [9.17, 15) is 10.1 Å². The molecule has 1 fully saturated rings. The Hall–Kier alpha value is -1.86. The zero-order valence-corrected chi connectivity index (χ0v) is 11.1. The molecule has 4 heteroatoms. The molecule has 0 bridgehead atoms. The van der Waals surface area contributed by atoms with Crippen molar-refractivity contribution in [3.05, 3.63) is 29.8 Å². The molecule has 100 valence electrons. The van der Waals surface area contributed by atoms with Crippen LogP contribution in [0.15, 0.2) is 24.3 Å². The van der Waals surface area contributed by atoms with Crippen LogP contribution in [0, 0.1) is 17.2 Å². The molecule has 3 atom stereocenters. The van der Waals surface area contributed by atoms with Crippen LogP contribution in [0.25, 0.3) is 0 Å². The molecule has 0 amide bonds. The summed E-state index contributed by atoms with van der Waals surface area (Å²) in [7, 11) is 1.54. The first-order chi connectivity index (χ1) is 9.19. The fraction of sp³-hybridized carbons (Fsp3) is 0.467.